The molecule has 0 saturated carbocycles. The van der Waals surface area contributed by atoms with Crippen LogP contribution in [0.2, 0.25) is 0 Å². The third-order valence-corrected chi connectivity index (χ3v) is 2.33. The predicted octanol–water partition coefficient (Wildman–Crippen LogP) is 3.01. The fourth-order valence-corrected chi connectivity index (χ4v) is 1.47. The number of hydrogen-bond donors (Lipinski definition) is 1. The van der Waals surface area contributed by atoms with E-state index in [1.165, 1.54) is 7.11 Å². The number of aryl methyl sites for hydroxylation is 1. The second-order valence-electron chi connectivity index (χ2n) is 3.62. The van der Waals surface area contributed by atoms with Crippen molar-refractivity contribution in [2.75, 3.05) is 19.5 Å². The number of alkyl halides is 3. The van der Waals surface area contributed by atoms with Gasteiger partial charge >= 0.3 is 6.18 Å². The molecule has 0 bridgehead atoms. The van der Waals surface area contributed by atoms with Gasteiger partial charge < -0.3 is 10.5 Å². The lowest BCUT2D eigenvalue weighted by Gasteiger charge is -2.12. The van der Waals surface area contributed by atoms with Crippen molar-refractivity contribution in [1.82, 2.24) is 0 Å². The van der Waals surface area contributed by atoms with Gasteiger partial charge in [0.15, 0.2) is 0 Å². The summed E-state index contributed by atoms with van der Waals surface area (Å²) in [6.07, 6.45) is -3.76. The van der Waals surface area contributed by atoms with E-state index in [1.54, 1.807) is 0 Å². The molecular formula is C11H13F4NO. The van der Waals surface area contributed by atoms with Gasteiger partial charge in [-0.05, 0) is 30.5 Å². The van der Waals surface area contributed by atoms with Crippen LogP contribution in [0.25, 0.3) is 0 Å². The molecule has 0 aliphatic rings. The van der Waals surface area contributed by atoms with Gasteiger partial charge in [-0.25, -0.2) is 4.39 Å². The maximum atomic E-state index is 13.2. The smallest absolute Gasteiger partial charge is 0.398 e. The summed E-state index contributed by atoms with van der Waals surface area (Å²) >= 11 is 0. The van der Waals surface area contributed by atoms with Gasteiger partial charge in [-0.2, -0.15) is 13.2 Å². The quantitative estimate of drug-likeness (QED) is 0.507. The standard InChI is InChI=1S/C11H13F4NO/c1-17-4-2-3-7-5-9(12)8(6-10(7)16)11(13,14)15/h5-6H,2-4,16H2,1H3. The number of ether oxygens (including phenoxy) is 1. The predicted molar refractivity (Wildman–Crippen MR) is 56.0 cm³/mol. The van der Waals surface area contributed by atoms with Crippen LogP contribution < -0.4 is 5.73 Å². The van der Waals surface area contributed by atoms with Gasteiger partial charge in [0, 0.05) is 19.4 Å². The first-order chi connectivity index (χ1) is 7.86. The Labute approximate surface area is 96.4 Å². The molecule has 1 rings (SSSR count). The lowest BCUT2D eigenvalue weighted by atomic mass is 10.0. The Morgan fingerprint density at radius 1 is 1.29 bits per heavy atom. The average Bonchev–Trinajstić information content (AvgIpc) is 2.21. The molecule has 0 amide bonds. The first-order valence-corrected chi connectivity index (χ1v) is 5.00. The van der Waals surface area contributed by atoms with Crippen molar-refractivity contribution in [3.8, 4) is 0 Å². The van der Waals surface area contributed by atoms with E-state index in [1.807, 2.05) is 0 Å². The van der Waals surface area contributed by atoms with Crippen LogP contribution in [-0.2, 0) is 17.3 Å². The van der Waals surface area contributed by atoms with E-state index in [0.717, 1.165) is 6.07 Å². The number of rotatable bonds is 4. The Kier molecular flexibility index (Phi) is 4.34. The molecule has 0 unspecified atom stereocenters. The number of hydrogen-bond acceptors (Lipinski definition) is 2. The third-order valence-electron chi connectivity index (χ3n) is 2.33. The van der Waals surface area contributed by atoms with Gasteiger partial charge in [-0.3, -0.25) is 0 Å². The normalized spacial score (nSPS) is 11.8. The summed E-state index contributed by atoms with van der Waals surface area (Å²) in [6, 6.07) is 1.48. The fraction of sp³-hybridized carbons (Fsp3) is 0.455. The second-order valence-corrected chi connectivity index (χ2v) is 3.62. The highest BCUT2D eigenvalue weighted by molar-refractivity contribution is 5.50. The number of benzene rings is 1. The molecule has 1 aromatic carbocycles. The van der Waals surface area contributed by atoms with Crippen LogP contribution in [0.1, 0.15) is 17.5 Å². The summed E-state index contributed by atoms with van der Waals surface area (Å²) in [5.74, 6) is -1.29. The summed E-state index contributed by atoms with van der Waals surface area (Å²) in [5, 5.41) is 0. The molecule has 0 aliphatic carbocycles. The SMILES string of the molecule is COCCCc1cc(F)c(C(F)(F)F)cc1N. The maximum Gasteiger partial charge on any atom is 0.419 e. The molecule has 2 N–H and O–H groups in total. The van der Waals surface area contributed by atoms with Crippen molar-refractivity contribution in [3.05, 3.63) is 29.1 Å². The molecule has 0 radical (unpaired) electrons. The van der Waals surface area contributed by atoms with Crippen molar-refractivity contribution >= 4 is 5.69 Å². The van der Waals surface area contributed by atoms with Crippen LogP contribution in [-0.4, -0.2) is 13.7 Å². The molecule has 0 saturated heterocycles. The summed E-state index contributed by atoms with van der Waals surface area (Å²) < 4.78 is 55.1. The van der Waals surface area contributed by atoms with Crippen LogP contribution in [0.3, 0.4) is 0 Å². The topological polar surface area (TPSA) is 35.2 Å². The maximum absolute atomic E-state index is 13.2. The van der Waals surface area contributed by atoms with E-state index < -0.39 is 17.6 Å². The highest BCUT2D eigenvalue weighted by Gasteiger charge is 2.34. The van der Waals surface area contributed by atoms with Crippen molar-refractivity contribution < 1.29 is 22.3 Å². The molecule has 6 heteroatoms. The zero-order valence-electron chi connectivity index (χ0n) is 9.27. The van der Waals surface area contributed by atoms with Gasteiger partial charge in [0.2, 0.25) is 0 Å². The number of anilines is 1. The molecule has 0 spiro atoms. The van der Waals surface area contributed by atoms with Crippen molar-refractivity contribution in [1.29, 1.82) is 0 Å². The van der Waals surface area contributed by atoms with Crippen LogP contribution in [0, 0.1) is 5.82 Å². The Morgan fingerprint density at radius 3 is 2.47 bits per heavy atom. The highest BCUT2D eigenvalue weighted by atomic mass is 19.4. The van der Waals surface area contributed by atoms with Crippen LogP contribution in [0.4, 0.5) is 23.2 Å². The molecule has 0 heterocycles. The van der Waals surface area contributed by atoms with Gasteiger partial charge in [0.05, 0.1) is 5.56 Å². The second kappa shape index (κ2) is 5.35. The van der Waals surface area contributed by atoms with Gasteiger partial charge in [-0.1, -0.05) is 0 Å². The molecule has 1 aromatic rings. The van der Waals surface area contributed by atoms with E-state index in [-0.39, 0.29) is 5.69 Å². The minimum absolute atomic E-state index is 0.0465. The van der Waals surface area contributed by atoms with Crippen LogP contribution in [0.5, 0.6) is 0 Å². The van der Waals surface area contributed by atoms with E-state index >= 15 is 0 Å². The van der Waals surface area contributed by atoms with Crippen molar-refractivity contribution in [2.45, 2.75) is 19.0 Å². The largest absolute Gasteiger partial charge is 0.419 e. The van der Waals surface area contributed by atoms with E-state index in [2.05, 4.69) is 0 Å². The molecule has 0 aromatic heterocycles. The summed E-state index contributed by atoms with van der Waals surface area (Å²) in [5.41, 5.74) is 4.46. The average molecular weight is 251 g/mol. The Balaban J connectivity index is 2.94. The Hall–Kier alpha value is -1.30. The Bertz CT molecular complexity index is 390. The van der Waals surface area contributed by atoms with E-state index in [4.69, 9.17) is 10.5 Å². The lowest BCUT2D eigenvalue weighted by Crippen LogP contribution is -2.10. The van der Waals surface area contributed by atoms with Crippen molar-refractivity contribution in [2.24, 2.45) is 0 Å². The van der Waals surface area contributed by atoms with Gasteiger partial charge in [0.25, 0.3) is 0 Å². The molecular weight excluding hydrogens is 238 g/mol. The molecule has 0 atom stereocenters. The number of halogens is 4. The zero-order chi connectivity index (χ0) is 13.1. The van der Waals surface area contributed by atoms with Crippen LogP contribution >= 0.6 is 0 Å². The first kappa shape index (κ1) is 13.8. The van der Waals surface area contributed by atoms with Gasteiger partial charge in [0.1, 0.15) is 5.82 Å². The summed E-state index contributed by atoms with van der Waals surface area (Å²) in [4.78, 5) is 0. The van der Waals surface area contributed by atoms with E-state index in [0.29, 0.717) is 31.1 Å². The molecule has 96 valence electrons. The monoisotopic (exact) mass is 251 g/mol. The third kappa shape index (κ3) is 3.59. The molecule has 2 nitrogen and oxygen atoms in total. The van der Waals surface area contributed by atoms with Crippen LogP contribution in [0.15, 0.2) is 12.1 Å². The minimum Gasteiger partial charge on any atom is -0.398 e. The minimum atomic E-state index is -4.72. The first-order valence-electron chi connectivity index (χ1n) is 5.00. The van der Waals surface area contributed by atoms with E-state index in [9.17, 15) is 17.6 Å². The molecule has 0 fully saturated rings. The molecule has 17 heavy (non-hydrogen) atoms. The number of nitrogens with two attached hydrogens (primary N) is 1. The van der Waals surface area contributed by atoms with Gasteiger partial charge in [-0.15, -0.1) is 0 Å². The lowest BCUT2D eigenvalue weighted by molar-refractivity contribution is -0.139. The molecule has 0 aliphatic heterocycles. The van der Waals surface area contributed by atoms with Crippen molar-refractivity contribution in [3.63, 3.8) is 0 Å². The number of nitrogen functional groups attached to an aromatic ring is 1. The Morgan fingerprint density at radius 2 is 1.94 bits per heavy atom. The zero-order valence-corrected chi connectivity index (χ0v) is 9.27. The highest BCUT2D eigenvalue weighted by Crippen LogP contribution is 2.33. The number of methoxy groups -OCH3 is 1. The summed E-state index contributed by atoms with van der Waals surface area (Å²) in [6.45, 7) is 0.447. The summed E-state index contributed by atoms with van der Waals surface area (Å²) in [7, 11) is 1.51. The fourth-order valence-electron chi connectivity index (χ4n) is 1.47.